The molecule has 0 aliphatic carbocycles. The highest BCUT2D eigenvalue weighted by atomic mass is 32.2. The normalized spacial score (nSPS) is 14.8. The summed E-state index contributed by atoms with van der Waals surface area (Å²) in [7, 11) is 0. The Morgan fingerprint density at radius 1 is 1.00 bits per heavy atom. The number of amides is 2. The van der Waals surface area contributed by atoms with Crippen LogP contribution in [0.2, 0.25) is 0 Å². The minimum atomic E-state index is -0.0687. The highest BCUT2D eigenvalue weighted by molar-refractivity contribution is 7.99. The Balaban J connectivity index is 1.26. The first kappa shape index (κ1) is 22.2. The number of thioether (sulfide) groups is 1. The molecule has 0 bridgehead atoms. The number of fused-ring (bicyclic) bond motifs is 1. The van der Waals surface area contributed by atoms with Gasteiger partial charge in [0.25, 0.3) is 0 Å². The molecule has 0 atom stereocenters. The van der Waals surface area contributed by atoms with Gasteiger partial charge in [-0.15, -0.1) is 0 Å². The summed E-state index contributed by atoms with van der Waals surface area (Å²) < 4.78 is 0. The Bertz CT molecular complexity index is 1090. The van der Waals surface area contributed by atoms with E-state index in [9.17, 15) is 9.59 Å². The zero-order valence-electron chi connectivity index (χ0n) is 18.2. The molecule has 1 fully saturated rings. The van der Waals surface area contributed by atoms with Gasteiger partial charge in [0.05, 0.1) is 23.0 Å². The lowest BCUT2D eigenvalue weighted by molar-refractivity contribution is -0.128. The number of hydrogen-bond donors (Lipinski definition) is 1. The number of benzene rings is 2. The van der Waals surface area contributed by atoms with Crippen LogP contribution >= 0.6 is 11.8 Å². The molecule has 2 aromatic carbocycles. The second-order valence-electron chi connectivity index (χ2n) is 7.87. The maximum absolute atomic E-state index is 12.8. The van der Waals surface area contributed by atoms with Gasteiger partial charge in [-0.25, -0.2) is 4.98 Å². The molecule has 0 saturated carbocycles. The smallest absolute Gasteiger partial charge is 0.233 e. The first-order chi connectivity index (χ1) is 15.6. The summed E-state index contributed by atoms with van der Waals surface area (Å²) in [5.41, 5.74) is 3.72. The summed E-state index contributed by atoms with van der Waals surface area (Å²) >= 11 is 1.44. The summed E-state index contributed by atoms with van der Waals surface area (Å²) in [6.07, 6.45) is 2.69. The fourth-order valence-corrected chi connectivity index (χ4v) is 4.51. The first-order valence-corrected chi connectivity index (χ1v) is 11.8. The number of aromatic nitrogens is 2. The zero-order valence-corrected chi connectivity index (χ0v) is 19.0. The van der Waals surface area contributed by atoms with Crippen LogP contribution in [0.3, 0.4) is 0 Å². The van der Waals surface area contributed by atoms with Crippen molar-refractivity contribution in [3.63, 3.8) is 0 Å². The van der Waals surface area contributed by atoms with Crippen LogP contribution in [0.1, 0.15) is 18.9 Å². The maximum atomic E-state index is 12.8. The van der Waals surface area contributed by atoms with Crippen LogP contribution in [0, 0.1) is 0 Å². The van der Waals surface area contributed by atoms with Gasteiger partial charge in [-0.05, 0) is 36.2 Å². The standard InChI is InChI=1S/C24H27N5O2S/c1-18(30)26-20-9-7-19(8-10-20)16-28-11-4-12-29(14-13-28)24(31)17-32-23-15-25-21-5-2-3-6-22(21)27-23/h2-3,5-10,15H,4,11-14,16-17H2,1H3,(H,26,30). The number of nitrogens with one attached hydrogen (secondary N) is 1. The number of para-hydroxylation sites is 2. The molecule has 166 valence electrons. The topological polar surface area (TPSA) is 78.4 Å². The van der Waals surface area contributed by atoms with E-state index in [0.29, 0.717) is 5.75 Å². The molecule has 2 amide bonds. The summed E-state index contributed by atoms with van der Waals surface area (Å²) in [6.45, 7) is 5.66. The van der Waals surface area contributed by atoms with Gasteiger partial charge in [0.2, 0.25) is 11.8 Å². The molecule has 0 radical (unpaired) electrons. The fourth-order valence-electron chi connectivity index (χ4n) is 3.77. The molecule has 0 unspecified atom stereocenters. The molecule has 4 rings (SSSR count). The first-order valence-electron chi connectivity index (χ1n) is 10.8. The largest absolute Gasteiger partial charge is 0.341 e. The third kappa shape index (κ3) is 6.05. The van der Waals surface area contributed by atoms with Crippen LogP contribution in [-0.2, 0) is 16.1 Å². The summed E-state index contributed by atoms with van der Waals surface area (Å²) in [6, 6.07) is 15.7. The third-order valence-corrected chi connectivity index (χ3v) is 6.28. The minimum Gasteiger partial charge on any atom is -0.341 e. The number of carbonyl (C=O) groups excluding carboxylic acids is 2. The van der Waals surface area contributed by atoms with Crippen LogP contribution in [0.4, 0.5) is 5.69 Å². The molecular weight excluding hydrogens is 422 g/mol. The summed E-state index contributed by atoms with van der Waals surface area (Å²) in [5, 5.41) is 3.56. The van der Waals surface area contributed by atoms with E-state index in [1.807, 2.05) is 53.4 Å². The lowest BCUT2D eigenvalue weighted by atomic mass is 10.2. The SMILES string of the molecule is CC(=O)Nc1ccc(CN2CCCN(C(=O)CSc3cnc4ccccc4n3)CC2)cc1. The predicted octanol–water partition coefficient (Wildman–Crippen LogP) is 3.41. The van der Waals surface area contributed by atoms with Crippen LogP contribution in [-0.4, -0.2) is 63.5 Å². The van der Waals surface area contributed by atoms with Crippen LogP contribution in [0.5, 0.6) is 0 Å². The van der Waals surface area contributed by atoms with Crippen molar-refractivity contribution < 1.29 is 9.59 Å². The number of hydrogen-bond acceptors (Lipinski definition) is 6. The van der Waals surface area contributed by atoms with Gasteiger partial charge in [-0.3, -0.25) is 19.5 Å². The Morgan fingerprint density at radius 2 is 1.78 bits per heavy atom. The number of anilines is 1. The molecule has 0 spiro atoms. The van der Waals surface area contributed by atoms with Gasteiger partial charge in [0, 0.05) is 45.3 Å². The van der Waals surface area contributed by atoms with E-state index in [2.05, 4.69) is 20.2 Å². The molecule has 1 aromatic heterocycles. The fraction of sp³-hybridized carbons (Fsp3) is 0.333. The Morgan fingerprint density at radius 3 is 2.56 bits per heavy atom. The van der Waals surface area contributed by atoms with Crippen LogP contribution < -0.4 is 5.32 Å². The molecule has 1 saturated heterocycles. The zero-order chi connectivity index (χ0) is 22.3. The predicted molar refractivity (Wildman–Crippen MR) is 127 cm³/mol. The molecule has 1 N–H and O–H groups in total. The van der Waals surface area contributed by atoms with Gasteiger partial charge in [0.1, 0.15) is 5.03 Å². The van der Waals surface area contributed by atoms with Crippen molar-refractivity contribution in [1.29, 1.82) is 0 Å². The van der Waals surface area contributed by atoms with Gasteiger partial charge in [0.15, 0.2) is 0 Å². The molecule has 3 aromatic rings. The molecule has 7 nitrogen and oxygen atoms in total. The second kappa shape index (κ2) is 10.6. The monoisotopic (exact) mass is 449 g/mol. The lowest BCUT2D eigenvalue weighted by Crippen LogP contribution is -2.36. The van der Waals surface area contributed by atoms with E-state index in [1.165, 1.54) is 24.2 Å². The average molecular weight is 450 g/mol. The second-order valence-corrected chi connectivity index (χ2v) is 8.87. The van der Waals surface area contributed by atoms with E-state index in [4.69, 9.17) is 0 Å². The molecular formula is C24H27N5O2S. The van der Waals surface area contributed by atoms with Gasteiger partial charge < -0.3 is 10.2 Å². The van der Waals surface area contributed by atoms with E-state index >= 15 is 0 Å². The maximum Gasteiger partial charge on any atom is 0.233 e. The van der Waals surface area contributed by atoms with Gasteiger partial charge >= 0.3 is 0 Å². The van der Waals surface area contributed by atoms with Crippen molar-refractivity contribution in [3.8, 4) is 0 Å². The highest BCUT2D eigenvalue weighted by Crippen LogP contribution is 2.19. The summed E-state index contributed by atoms with van der Waals surface area (Å²) in [4.78, 5) is 37.3. The Labute approximate surface area is 192 Å². The Hall–Kier alpha value is -2.97. The number of carbonyl (C=O) groups is 2. The average Bonchev–Trinajstić information content (AvgIpc) is 3.04. The molecule has 2 heterocycles. The van der Waals surface area contributed by atoms with E-state index in [-0.39, 0.29) is 11.8 Å². The van der Waals surface area contributed by atoms with Crippen molar-refractivity contribution in [2.24, 2.45) is 0 Å². The molecule has 32 heavy (non-hydrogen) atoms. The van der Waals surface area contributed by atoms with Crippen molar-refractivity contribution >= 4 is 40.3 Å². The van der Waals surface area contributed by atoms with Gasteiger partial charge in [-0.2, -0.15) is 0 Å². The summed E-state index contributed by atoms with van der Waals surface area (Å²) in [5.74, 6) is 0.449. The van der Waals surface area contributed by atoms with E-state index in [0.717, 1.165) is 60.9 Å². The third-order valence-electron chi connectivity index (χ3n) is 5.39. The van der Waals surface area contributed by atoms with Crippen LogP contribution in [0.25, 0.3) is 11.0 Å². The molecule has 8 heteroatoms. The Kier molecular flexibility index (Phi) is 7.34. The van der Waals surface area contributed by atoms with E-state index in [1.54, 1.807) is 6.20 Å². The van der Waals surface area contributed by atoms with E-state index < -0.39 is 0 Å². The number of rotatable bonds is 6. The quantitative estimate of drug-likeness (QED) is 0.581. The molecule has 1 aliphatic rings. The number of nitrogens with zero attached hydrogens (tertiary/aromatic N) is 4. The van der Waals surface area contributed by atoms with Crippen LogP contribution in [0.15, 0.2) is 59.8 Å². The van der Waals surface area contributed by atoms with Crippen molar-refractivity contribution in [3.05, 3.63) is 60.3 Å². The van der Waals surface area contributed by atoms with Gasteiger partial charge in [-0.1, -0.05) is 36.0 Å². The molecule has 1 aliphatic heterocycles. The minimum absolute atomic E-state index is 0.0687. The van der Waals surface area contributed by atoms with Crippen molar-refractivity contribution in [2.75, 3.05) is 37.2 Å². The van der Waals surface area contributed by atoms with Crippen molar-refractivity contribution in [2.45, 2.75) is 24.9 Å². The lowest BCUT2D eigenvalue weighted by Gasteiger charge is -2.22. The highest BCUT2D eigenvalue weighted by Gasteiger charge is 2.19. The van der Waals surface area contributed by atoms with Crippen molar-refractivity contribution in [1.82, 2.24) is 19.8 Å².